The van der Waals surface area contributed by atoms with Gasteiger partial charge in [0.25, 0.3) is 0 Å². The van der Waals surface area contributed by atoms with Crippen LogP contribution in [0.2, 0.25) is 0 Å². The molecule has 0 atom stereocenters. The number of rotatable bonds is 11. The van der Waals surface area contributed by atoms with Crippen molar-refractivity contribution in [1.82, 2.24) is 29.9 Å². The van der Waals surface area contributed by atoms with Gasteiger partial charge in [0.15, 0.2) is 0 Å². The lowest BCUT2D eigenvalue weighted by molar-refractivity contribution is 0.182. The van der Waals surface area contributed by atoms with E-state index in [1.165, 1.54) is 6.07 Å². The van der Waals surface area contributed by atoms with Crippen molar-refractivity contribution >= 4 is 22.3 Å². The minimum Gasteiger partial charge on any atom is -0.508 e. The maximum Gasteiger partial charge on any atom is 0.318 e. The monoisotopic (exact) mass is 588 g/mol. The minimum absolute atomic E-state index is 0.139. The van der Waals surface area contributed by atoms with Crippen LogP contribution in [0.5, 0.6) is 11.8 Å². The summed E-state index contributed by atoms with van der Waals surface area (Å²) in [6, 6.07) is 7.01. The second kappa shape index (κ2) is 11.6. The maximum absolute atomic E-state index is 14.9. The average molecular weight is 589 g/mol. The summed E-state index contributed by atoms with van der Waals surface area (Å²) in [5.74, 6) is 0.677. The van der Waals surface area contributed by atoms with E-state index < -0.39 is 0 Å². The van der Waals surface area contributed by atoms with Crippen LogP contribution in [0.15, 0.2) is 24.3 Å². The SMILES string of the molecule is CCc1c(F)ccc2cc(O)cc(N3CCc4c(nc(OCC5(CN(C)C)CC5)nc4NCc4c(C)nnn4CC)C3)c12. The quantitative estimate of drug-likeness (QED) is 0.254. The summed E-state index contributed by atoms with van der Waals surface area (Å²) in [4.78, 5) is 14.2. The molecule has 0 unspecified atom stereocenters. The third-order valence-electron chi connectivity index (χ3n) is 8.74. The van der Waals surface area contributed by atoms with Crippen LogP contribution in [-0.4, -0.2) is 68.8 Å². The number of nitrogens with zero attached hydrogens (tertiary/aromatic N) is 7. The van der Waals surface area contributed by atoms with Gasteiger partial charge >= 0.3 is 6.01 Å². The number of anilines is 2. The van der Waals surface area contributed by atoms with E-state index >= 15 is 0 Å². The number of aromatic hydroxyl groups is 1. The Balaban J connectivity index is 1.35. The van der Waals surface area contributed by atoms with Crippen molar-refractivity contribution in [3.8, 4) is 11.8 Å². The number of phenolic OH excluding ortho intramolecular Hbond substituents is 1. The lowest BCUT2D eigenvalue weighted by Crippen LogP contribution is -2.33. The Bertz CT molecular complexity index is 1650. The number of ether oxygens (including phenoxy) is 1. The van der Waals surface area contributed by atoms with Crippen LogP contribution in [0.25, 0.3) is 10.8 Å². The second-order valence-electron chi connectivity index (χ2n) is 12.2. The molecule has 2 aliphatic rings. The van der Waals surface area contributed by atoms with E-state index in [-0.39, 0.29) is 17.0 Å². The largest absolute Gasteiger partial charge is 0.508 e. The summed E-state index contributed by atoms with van der Waals surface area (Å²) >= 11 is 0. The number of aryl methyl sites for hydroxylation is 3. The zero-order valence-electron chi connectivity index (χ0n) is 25.7. The van der Waals surface area contributed by atoms with Crippen LogP contribution in [0.4, 0.5) is 15.9 Å². The molecule has 1 fully saturated rings. The topological polar surface area (TPSA) is 104 Å². The summed E-state index contributed by atoms with van der Waals surface area (Å²) in [5.41, 5.74) is 5.40. The number of fused-ring (bicyclic) bond motifs is 2. The third kappa shape index (κ3) is 5.82. The number of benzene rings is 2. The molecular formula is C32H41FN8O2. The van der Waals surface area contributed by atoms with Gasteiger partial charge in [-0.2, -0.15) is 9.97 Å². The molecule has 0 radical (unpaired) electrons. The Morgan fingerprint density at radius 1 is 1.16 bits per heavy atom. The zero-order chi connectivity index (χ0) is 30.3. The van der Waals surface area contributed by atoms with E-state index in [9.17, 15) is 9.50 Å². The summed E-state index contributed by atoms with van der Waals surface area (Å²) in [7, 11) is 4.18. The fourth-order valence-electron chi connectivity index (χ4n) is 6.37. The van der Waals surface area contributed by atoms with Gasteiger partial charge in [-0.1, -0.05) is 18.2 Å². The van der Waals surface area contributed by atoms with Gasteiger partial charge in [0.1, 0.15) is 17.4 Å². The fraction of sp³-hybridized carbons (Fsp3) is 0.500. The molecule has 1 aliphatic carbocycles. The minimum atomic E-state index is -0.230. The van der Waals surface area contributed by atoms with Gasteiger partial charge in [-0.25, -0.2) is 9.07 Å². The molecule has 10 nitrogen and oxygen atoms in total. The fourth-order valence-corrected chi connectivity index (χ4v) is 6.37. The standard InChI is InChI=1S/C32H41FN8O2/c1-6-23-25(33)9-8-21-14-22(42)15-27(29(21)23)40-13-10-24-26(17-40)35-31(43-19-32(11-12-32)18-39(4)5)36-30(24)34-16-28-20(3)37-38-41(28)7-2/h8-9,14-15,42H,6-7,10-13,16-19H2,1-5H3,(H,34,35,36). The van der Waals surface area contributed by atoms with Gasteiger partial charge in [0, 0.05) is 47.8 Å². The molecule has 1 saturated carbocycles. The van der Waals surface area contributed by atoms with E-state index in [1.807, 2.05) is 25.5 Å². The van der Waals surface area contributed by atoms with Crippen molar-refractivity contribution < 1.29 is 14.2 Å². The van der Waals surface area contributed by atoms with E-state index in [4.69, 9.17) is 14.7 Å². The predicted octanol–water partition coefficient (Wildman–Crippen LogP) is 4.85. The van der Waals surface area contributed by atoms with Crippen molar-refractivity contribution in [3.63, 3.8) is 0 Å². The van der Waals surface area contributed by atoms with Crippen molar-refractivity contribution in [3.05, 3.63) is 58.3 Å². The molecule has 2 aromatic heterocycles. The first kappa shape index (κ1) is 29.1. The van der Waals surface area contributed by atoms with Gasteiger partial charge in [0.2, 0.25) is 0 Å². The Hall–Kier alpha value is -3.99. The third-order valence-corrected chi connectivity index (χ3v) is 8.74. The zero-order valence-corrected chi connectivity index (χ0v) is 25.7. The van der Waals surface area contributed by atoms with Crippen molar-refractivity contribution in [2.45, 2.75) is 66.1 Å². The second-order valence-corrected chi connectivity index (χ2v) is 12.2. The Morgan fingerprint density at radius 2 is 1.98 bits per heavy atom. The number of hydrogen-bond acceptors (Lipinski definition) is 9. The first-order valence-electron chi connectivity index (χ1n) is 15.2. The Kier molecular flexibility index (Phi) is 7.85. The van der Waals surface area contributed by atoms with Crippen LogP contribution < -0.4 is 15.0 Å². The van der Waals surface area contributed by atoms with Gasteiger partial charge in [-0.05, 0) is 76.7 Å². The van der Waals surface area contributed by atoms with Crippen molar-refractivity contribution in [2.75, 3.05) is 44.0 Å². The molecule has 0 saturated heterocycles. The molecule has 3 heterocycles. The van der Waals surface area contributed by atoms with Gasteiger partial charge in [0.05, 0.1) is 36.8 Å². The van der Waals surface area contributed by atoms with Gasteiger partial charge in [-0.15, -0.1) is 5.10 Å². The smallest absolute Gasteiger partial charge is 0.318 e. The highest BCUT2D eigenvalue weighted by molar-refractivity contribution is 5.98. The Labute approximate surface area is 251 Å². The molecule has 4 aromatic rings. The Morgan fingerprint density at radius 3 is 2.70 bits per heavy atom. The molecule has 6 rings (SSSR count). The van der Waals surface area contributed by atoms with Crippen LogP contribution in [0.3, 0.4) is 0 Å². The molecule has 0 bridgehead atoms. The van der Waals surface area contributed by atoms with Gasteiger partial charge in [-0.3, -0.25) is 0 Å². The summed E-state index contributed by atoms with van der Waals surface area (Å²) in [6.45, 7) is 9.91. The van der Waals surface area contributed by atoms with Gasteiger partial charge < -0.3 is 25.0 Å². The number of hydrogen-bond donors (Lipinski definition) is 2. The van der Waals surface area contributed by atoms with Crippen LogP contribution in [-0.2, 0) is 32.5 Å². The average Bonchev–Trinajstić information content (AvgIpc) is 3.65. The molecule has 43 heavy (non-hydrogen) atoms. The summed E-state index contributed by atoms with van der Waals surface area (Å²) in [5, 5.41) is 24.3. The van der Waals surface area contributed by atoms with Crippen LogP contribution >= 0.6 is 0 Å². The molecule has 2 aromatic carbocycles. The van der Waals surface area contributed by atoms with Crippen LogP contribution in [0, 0.1) is 18.2 Å². The number of aromatic nitrogens is 5. The van der Waals surface area contributed by atoms with E-state index in [1.54, 1.807) is 18.2 Å². The summed E-state index contributed by atoms with van der Waals surface area (Å²) < 4.78 is 23.1. The highest BCUT2D eigenvalue weighted by atomic mass is 19.1. The number of phenols is 1. The number of nitrogens with one attached hydrogen (secondary N) is 1. The van der Waals surface area contributed by atoms with Crippen molar-refractivity contribution in [2.24, 2.45) is 5.41 Å². The molecular weight excluding hydrogens is 547 g/mol. The normalized spacial score (nSPS) is 15.7. The molecule has 1 aliphatic heterocycles. The number of halogens is 1. The molecule has 11 heteroatoms. The highest BCUT2D eigenvalue weighted by Crippen LogP contribution is 2.46. The lowest BCUT2D eigenvalue weighted by Gasteiger charge is -2.32. The van der Waals surface area contributed by atoms with E-state index in [0.29, 0.717) is 50.7 Å². The highest BCUT2D eigenvalue weighted by Gasteiger charge is 2.44. The van der Waals surface area contributed by atoms with Crippen LogP contribution in [0.1, 0.15) is 54.9 Å². The van der Waals surface area contributed by atoms with E-state index in [2.05, 4.69) is 39.5 Å². The summed E-state index contributed by atoms with van der Waals surface area (Å²) in [6.07, 6.45) is 3.49. The molecule has 0 spiro atoms. The first-order chi connectivity index (χ1) is 20.7. The van der Waals surface area contributed by atoms with E-state index in [0.717, 1.165) is 70.9 Å². The van der Waals surface area contributed by atoms with Crippen molar-refractivity contribution in [1.29, 1.82) is 0 Å². The molecule has 0 amide bonds. The first-order valence-corrected chi connectivity index (χ1v) is 15.2. The predicted molar refractivity (Wildman–Crippen MR) is 165 cm³/mol. The lowest BCUT2D eigenvalue weighted by atomic mass is 9.97. The molecule has 228 valence electrons. The molecule has 2 N–H and O–H groups in total. The maximum atomic E-state index is 14.9.